The second-order valence-electron chi connectivity index (χ2n) is 4.86. The Morgan fingerprint density at radius 2 is 2.25 bits per heavy atom. The van der Waals surface area contributed by atoms with Crippen LogP contribution in [-0.4, -0.2) is 22.1 Å². The zero-order valence-electron chi connectivity index (χ0n) is 11.6. The van der Waals surface area contributed by atoms with Gasteiger partial charge in [0.2, 0.25) is 0 Å². The van der Waals surface area contributed by atoms with Crippen molar-refractivity contribution in [1.29, 1.82) is 0 Å². The van der Waals surface area contributed by atoms with Gasteiger partial charge in [0.1, 0.15) is 0 Å². The molecule has 1 atom stereocenters. The van der Waals surface area contributed by atoms with E-state index in [1.807, 2.05) is 6.08 Å². The molecule has 1 aliphatic carbocycles. The molecule has 0 aliphatic heterocycles. The van der Waals surface area contributed by atoms with E-state index in [-0.39, 0.29) is 17.6 Å². The lowest BCUT2D eigenvalue weighted by Gasteiger charge is -2.23. The first kappa shape index (κ1) is 14.3. The Hall–Kier alpha value is -2.11. The Morgan fingerprint density at radius 3 is 2.85 bits per heavy atom. The predicted molar refractivity (Wildman–Crippen MR) is 73.7 cm³/mol. The molecule has 1 aliphatic rings. The van der Waals surface area contributed by atoms with Gasteiger partial charge < -0.3 is 4.74 Å². The summed E-state index contributed by atoms with van der Waals surface area (Å²) in [6.45, 7) is 3.79. The van der Waals surface area contributed by atoms with Crippen molar-refractivity contribution < 1.29 is 9.53 Å². The molecule has 0 spiro atoms. The number of rotatable bonds is 3. The third-order valence-electron chi connectivity index (χ3n) is 3.46. The minimum atomic E-state index is -0.404. The summed E-state index contributed by atoms with van der Waals surface area (Å²) in [4.78, 5) is 37.0. The number of hydrogen-bond donors (Lipinski definition) is 1. The monoisotopic (exact) mass is 278 g/mol. The van der Waals surface area contributed by atoms with Crippen LogP contribution in [0.15, 0.2) is 27.4 Å². The molecule has 20 heavy (non-hydrogen) atoms. The van der Waals surface area contributed by atoms with E-state index in [1.165, 1.54) is 4.57 Å². The molecule has 6 heteroatoms. The van der Waals surface area contributed by atoms with E-state index < -0.39 is 5.69 Å². The van der Waals surface area contributed by atoms with Gasteiger partial charge in [-0.25, -0.2) is 9.59 Å². The first-order chi connectivity index (χ1) is 9.52. The molecule has 0 radical (unpaired) electrons. The number of nitrogens with one attached hydrogen (secondary N) is 1. The van der Waals surface area contributed by atoms with Gasteiger partial charge in [0.25, 0.3) is 5.56 Å². The summed E-state index contributed by atoms with van der Waals surface area (Å²) in [6, 6.07) is -0.0313. The molecule has 1 aromatic rings. The van der Waals surface area contributed by atoms with Gasteiger partial charge in [-0.15, -0.1) is 0 Å². The van der Waals surface area contributed by atoms with Crippen LogP contribution >= 0.6 is 0 Å². The van der Waals surface area contributed by atoms with Crippen molar-refractivity contribution in [3.63, 3.8) is 0 Å². The third kappa shape index (κ3) is 2.89. The Kier molecular flexibility index (Phi) is 4.22. The van der Waals surface area contributed by atoms with Crippen LogP contribution in [-0.2, 0) is 9.53 Å². The molecule has 1 aromatic heterocycles. The average molecular weight is 278 g/mol. The van der Waals surface area contributed by atoms with Gasteiger partial charge in [0.05, 0.1) is 6.61 Å². The Labute approximate surface area is 116 Å². The number of ether oxygens (including phenoxy) is 1. The molecule has 1 N–H and O–H groups in total. The number of aromatic amines is 1. The largest absolute Gasteiger partial charge is 0.463 e. The summed E-state index contributed by atoms with van der Waals surface area (Å²) >= 11 is 0. The topological polar surface area (TPSA) is 81.2 Å². The molecular formula is C14H18N2O4. The smallest absolute Gasteiger partial charge is 0.333 e. The second-order valence-corrected chi connectivity index (χ2v) is 4.86. The molecule has 1 heterocycles. The van der Waals surface area contributed by atoms with Gasteiger partial charge >= 0.3 is 11.7 Å². The third-order valence-corrected chi connectivity index (χ3v) is 3.46. The van der Waals surface area contributed by atoms with Crippen LogP contribution in [0.5, 0.6) is 0 Å². The number of aryl methyl sites for hydroxylation is 1. The molecule has 0 fully saturated rings. The normalized spacial score (nSPS) is 18.5. The molecule has 0 aromatic carbocycles. The van der Waals surface area contributed by atoms with E-state index in [2.05, 4.69) is 4.98 Å². The minimum absolute atomic E-state index is 0.0313. The molecule has 0 unspecified atom stereocenters. The fourth-order valence-corrected chi connectivity index (χ4v) is 2.34. The summed E-state index contributed by atoms with van der Waals surface area (Å²) in [5.41, 5.74) is 0.408. The van der Waals surface area contributed by atoms with E-state index in [0.29, 0.717) is 37.0 Å². The standard InChI is InChI=1S/C14H18N2O4/c1-3-20-13(18)10-4-6-11(7-5-10)16-8-9(2)12(17)15-14(16)19/h4,8,11H,3,5-7H2,1-2H3,(H,15,17,19)/t11-/m0/s1. The molecule has 0 saturated carbocycles. The van der Waals surface area contributed by atoms with Crippen molar-refractivity contribution in [2.45, 2.75) is 39.2 Å². The van der Waals surface area contributed by atoms with Crippen LogP contribution in [0.4, 0.5) is 0 Å². The Bertz CT molecular complexity index is 654. The SMILES string of the molecule is CCOC(=O)C1=CC[C@H](n2cc(C)c(=O)[nH]c2=O)CC1. The highest BCUT2D eigenvalue weighted by atomic mass is 16.5. The van der Waals surface area contributed by atoms with Crippen molar-refractivity contribution in [3.05, 3.63) is 44.2 Å². The van der Waals surface area contributed by atoms with Gasteiger partial charge in [0, 0.05) is 23.4 Å². The van der Waals surface area contributed by atoms with E-state index in [0.717, 1.165) is 0 Å². The van der Waals surface area contributed by atoms with Crippen molar-refractivity contribution in [3.8, 4) is 0 Å². The zero-order chi connectivity index (χ0) is 14.7. The van der Waals surface area contributed by atoms with Crippen LogP contribution in [0, 0.1) is 6.92 Å². The Morgan fingerprint density at radius 1 is 1.50 bits per heavy atom. The van der Waals surface area contributed by atoms with E-state index in [9.17, 15) is 14.4 Å². The fourth-order valence-electron chi connectivity index (χ4n) is 2.34. The molecular weight excluding hydrogens is 260 g/mol. The van der Waals surface area contributed by atoms with Crippen LogP contribution in [0.3, 0.4) is 0 Å². The molecule has 108 valence electrons. The van der Waals surface area contributed by atoms with Crippen LogP contribution in [0.2, 0.25) is 0 Å². The summed E-state index contributed by atoms with van der Waals surface area (Å²) in [5.74, 6) is -0.282. The summed E-state index contributed by atoms with van der Waals surface area (Å²) < 4.78 is 6.49. The van der Waals surface area contributed by atoms with Gasteiger partial charge in [0.15, 0.2) is 0 Å². The maximum absolute atomic E-state index is 11.8. The van der Waals surface area contributed by atoms with Crippen LogP contribution < -0.4 is 11.2 Å². The van der Waals surface area contributed by atoms with Gasteiger partial charge in [-0.2, -0.15) is 0 Å². The second kappa shape index (κ2) is 5.90. The molecule has 0 amide bonds. The lowest BCUT2D eigenvalue weighted by Crippen LogP contribution is -2.34. The van der Waals surface area contributed by atoms with Crippen molar-refractivity contribution in [2.75, 3.05) is 6.61 Å². The average Bonchev–Trinajstić information content (AvgIpc) is 2.43. The number of H-pyrrole nitrogens is 1. The highest BCUT2D eigenvalue weighted by Crippen LogP contribution is 2.27. The lowest BCUT2D eigenvalue weighted by atomic mass is 9.95. The minimum Gasteiger partial charge on any atom is -0.463 e. The molecule has 6 nitrogen and oxygen atoms in total. The first-order valence-corrected chi connectivity index (χ1v) is 6.71. The highest BCUT2D eigenvalue weighted by Gasteiger charge is 2.21. The van der Waals surface area contributed by atoms with Gasteiger partial charge in [-0.05, 0) is 33.1 Å². The van der Waals surface area contributed by atoms with Gasteiger partial charge in [-0.3, -0.25) is 14.3 Å². The lowest BCUT2D eigenvalue weighted by molar-refractivity contribution is -0.138. The maximum Gasteiger partial charge on any atom is 0.333 e. The highest BCUT2D eigenvalue weighted by molar-refractivity contribution is 5.88. The maximum atomic E-state index is 11.8. The van der Waals surface area contributed by atoms with E-state index >= 15 is 0 Å². The number of nitrogens with zero attached hydrogens (tertiary/aromatic N) is 1. The summed E-state index contributed by atoms with van der Waals surface area (Å²) in [7, 11) is 0. The number of esters is 1. The van der Waals surface area contributed by atoms with Gasteiger partial charge in [-0.1, -0.05) is 6.08 Å². The number of aromatic nitrogens is 2. The van der Waals surface area contributed by atoms with Crippen molar-refractivity contribution in [1.82, 2.24) is 9.55 Å². The first-order valence-electron chi connectivity index (χ1n) is 6.71. The van der Waals surface area contributed by atoms with Crippen molar-refractivity contribution >= 4 is 5.97 Å². The predicted octanol–water partition coefficient (Wildman–Crippen LogP) is 1.06. The molecule has 0 bridgehead atoms. The zero-order valence-corrected chi connectivity index (χ0v) is 11.6. The van der Waals surface area contributed by atoms with E-state index in [4.69, 9.17) is 4.74 Å². The quantitative estimate of drug-likeness (QED) is 0.838. The number of allylic oxidation sites excluding steroid dienone is 1. The number of carbonyl (C=O) groups is 1. The Balaban J connectivity index is 2.19. The fraction of sp³-hybridized carbons (Fsp3) is 0.500. The molecule has 2 rings (SSSR count). The summed E-state index contributed by atoms with van der Waals surface area (Å²) in [6.07, 6.45) is 5.23. The van der Waals surface area contributed by atoms with E-state index in [1.54, 1.807) is 20.0 Å². The number of carbonyl (C=O) groups excluding carboxylic acids is 1. The van der Waals surface area contributed by atoms with Crippen LogP contribution in [0.25, 0.3) is 0 Å². The van der Waals surface area contributed by atoms with Crippen molar-refractivity contribution in [2.24, 2.45) is 0 Å². The summed E-state index contributed by atoms with van der Waals surface area (Å²) in [5, 5.41) is 0. The molecule has 0 saturated heterocycles. The number of hydrogen-bond acceptors (Lipinski definition) is 4. The van der Waals surface area contributed by atoms with Crippen LogP contribution in [0.1, 0.15) is 37.8 Å².